The third-order valence-corrected chi connectivity index (χ3v) is 7.25. The number of rotatable bonds is 21. The van der Waals surface area contributed by atoms with Gasteiger partial charge in [0.2, 0.25) is 0 Å². The second-order valence-corrected chi connectivity index (χ2v) is 10.5. The Morgan fingerprint density at radius 2 is 1.46 bits per heavy atom. The fourth-order valence-corrected chi connectivity index (χ4v) is 4.81. The van der Waals surface area contributed by atoms with E-state index in [0.717, 1.165) is 38.7 Å². The normalized spacial score (nSPS) is 15.0. The maximum Gasteiger partial charge on any atom is 0.432 e. The van der Waals surface area contributed by atoms with Gasteiger partial charge in [-0.15, -0.1) is 6.42 Å². The van der Waals surface area contributed by atoms with Gasteiger partial charge in [0.1, 0.15) is 0 Å². The van der Waals surface area contributed by atoms with Crippen molar-refractivity contribution in [2.75, 3.05) is 7.11 Å². The molecule has 0 amide bonds. The Kier molecular flexibility index (Phi) is 17.6. The molecule has 0 saturated heterocycles. The largest absolute Gasteiger partial charge is 0.442 e. The van der Waals surface area contributed by atoms with E-state index < -0.39 is 23.9 Å². The fraction of sp³-hybridized carbons (Fsp3) is 0.667. The van der Waals surface area contributed by atoms with Crippen LogP contribution in [0, 0.1) is 18.3 Å². The third kappa shape index (κ3) is 12.6. The summed E-state index contributed by atoms with van der Waals surface area (Å²) in [7, 11) is 0.833. The molecule has 0 radical (unpaired) electrons. The van der Waals surface area contributed by atoms with E-state index in [-0.39, 0.29) is 5.56 Å². The topological polar surface area (TPSA) is 35.5 Å². The Morgan fingerprint density at radius 3 is 1.97 bits per heavy atom. The van der Waals surface area contributed by atoms with Gasteiger partial charge in [0, 0.05) is 12.7 Å². The zero-order valence-corrected chi connectivity index (χ0v) is 24.2. The number of ether oxygens (including phenoxy) is 2. The molecule has 0 N–H and O–H groups in total. The Bertz CT molecular complexity index is 844. The fourth-order valence-electron chi connectivity index (χ4n) is 4.81. The lowest BCUT2D eigenvalue weighted by molar-refractivity contribution is -0.276. The Hall–Kier alpha value is -2.26. The van der Waals surface area contributed by atoms with Crippen LogP contribution in [0.2, 0.25) is 0 Å². The van der Waals surface area contributed by atoms with E-state index in [2.05, 4.69) is 19.8 Å². The van der Waals surface area contributed by atoms with Gasteiger partial charge >= 0.3 is 12.1 Å². The predicted molar refractivity (Wildman–Crippen MR) is 153 cm³/mol. The zero-order chi connectivity index (χ0) is 29.0. The lowest BCUT2D eigenvalue weighted by Crippen LogP contribution is -2.52. The van der Waals surface area contributed by atoms with Crippen molar-refractivity contribution < 1.29 is 27.4 Å². The minimum Gasteiger partial charge on any atom is -0.442 e. The summed E-state index contributed by atoms with van der Waals surface area (Å²) >= 11 is 0. The van der Waals surface area contributed by atoms with Crippen molar-refractivity contribution in [1.82, 2.24) is 0 Å². The van der Waals surface area contributed by atoms with Crippen LogP contribution in [0.5, 0.6) is 0 Å². The molecule has 1 rings (SSSR count). The number of carbonyl (C=O) groups is 1. The van der Waals surface area contributed by atoms with Crippen LogP contribution < -0.4 is 0 Å². The van der Waals surface area contributed by atoms with Crippen LogP contribution in [-0.2, 0) is 19.9 Å². The van der Waals surface area contributed by atoms with Gasteiger partial charge in [-0.25, -0.2) is 4.79 Å². The highest BCUT2D eigenvalue weighted by Crippen LogP contribution is 2.43. The lowest BCUT2D eigenvalue weighted by atomic mass is 9.92. The van der Waals surface area contributed by atoms with Crippen molar-refractivity contribution in [3.05, 3.63) is 48.0 Å². The highest BCUT2D eigenvalue weighted by atomic mass is 19.4. The highest BCUT2D eigenvalue weighted by Gasteiger charge is 2.64. The summed E-state index contributed by atoms with van der Waals surface area (Å²) in [4.78, 5) is 12.7. The number of alkyl halides is 3. The van der Waals surface area contributed by atoms with Crippen LogP contribution in [0.1, 0.15) is 116 Å². The molecule has 0 aromatic heterocycles. The highest BCUT2D eigenvalue weighted by molar-refractivity contribution is 5.83. The van der Waals surface area contributed by atoms with Gasteiger partial charge in [0.15, 0.2) is 6.10 Å². The summed E-state index contributed by atoms with van der Waals surface area (Å²) < 4.78 is 51.8. The average Bonchev–Trinajstić information content (AvgIpc) is 2.91. The molecule has 1 aromatic carbocycles. The monoisotopic (exact) mass is 550 g/mol. The molecule has 3 nitrogen and oxygen atoms in total. The molecular weight excluding hydrogens is 501 g/mol. The van der Waals surface area contributed by atoms with Crippen molar-refractivity contribution in [1.29, 1.82) is 0 Å². The SMILES string of the molecule is C#C[C@H](/C=C/CCCCCCCCC(C)CCCCCCCC)OC(=O)[C@@](OC)(c1ccccc1)C(F)(F)F. The number of unbranched alkanes of at least 4 members (excludes halogenated alkanes) is 11. The minimum atomic E-state index is -5.03. The Balaban J connectivity index is 2.31. The maximum atomic E-state index is 14.0. The molecule has 0 spiro atoms. The van der Waals surface area contributed by atoms with Crippen LogP contribution >= 0.6 is 0 Å². The summed E-state index contributed by atoms with van der Waals surface area (Å²) in [5.41, 5.74) is -3.61. The quantitative estimate of drug-likeness (QED) is 0.0661. The van der Waals surface area contributed by atoms with E-state index in [1.807, 2.05) is 0 Å². The molecule has 0 saturated carbocycles. The second-order valence-electron chi connectivity index (χ2n) is 10.5. The van der Waals surface area contributed by atoms with Crippen molar-refractivity contribution in [3.8, 4) is 12.3 Å². The van der Waals surface area contributed by atoms with Gasteiger partial charge in [-0.3, -0.25) is 0 Å². The molecule has 6 heteroatoms. The first-order chi connectivity index (χ1) is 18.7. The van der Waals surface area contributed by atoms with Gasteiger partial charge in [0.25, 0.3) is 5.60 Å². The first-order valence-corrected chi connectivity index (χ1v) is 14.7. The van der Waals surface area contributed by atoms with Crippen molar-refractivity contribution in [2.45, 2.75) is 128 Å². The van der Waals surface area contributed by atoms with Crippen LogP contribution in [0.15, 0.2) is 42.5 Å². The zero-order valence-electron chi connectivity index (χ0n) is 24.2. The van der Waals surface area contributed by atoms with E-state index in [4.69, 9.17) is 15.9 Å². The standard InChI is InChI=1S/C33H49F3O3/c1-5-7-8-9-14-18-23-28(3)24-19-15-12-10-11-13-16-22-27-30(6-2)39-31(37)32(38-4,33(34,35)36)29-25-20-17-21-26-29/h2,17,20-22,25-28,30H,5,7-16,18-19,23-24H2,1,3-4H3/b27-22+/t28?,30-,32+/m1/s1. The maximum absolute atomic E-state index is 14.0. The van der Waals surface area contributed by atoms with E-state index in [9.17, 15) is 18.0 Å². The smallest absolute Gasteiger partial charge is 0.432 e. The number of carbonyl (C=O) groups excluding carboxylic acids is 1. The number of benzene rings is 1. The number of hydrogen-bond donors (Lipinski definition) is 0. The third-order valence-electron chi connectivity index (χ3n) is 7.25. The van der Waals surface area contributed by atoms with Crippen LogP contribution in [0.25, 0.3) is 0 Å². The van der Waals surface area contributed by atoms with Gasteiger partial charge in [-0.2, -0.15) is 13.2 Å². The van der Waals surface area contributed by atoms with Crippen LogP contribution in [0.4, 0.5) is 13.2 Å². The molecule has 220 valence electrons. The molecule has 3 atom stereocenters. The number of halogens is 3. The molecule has 0 heterocycles. The van der Waals surface area contributed by atoms with Crippen LogP contribution in [-0.4, -0.2) is 25.4 Å². The van der Waals surface area contributed by atoms with Gasteiger partial charge in [-0.1, -0.05) is 140 Å². The van der Waals surface area contributed by atoms with E-state index in [0.29, 0.717) is 0 Å². The number of hydrogen-bond acceptors (Lipinski definition) is 3. The van der Waals surface area contributed by atoms with E-state index in [1.54, 1.807) is 12.1 Å². The summed E-state index contributed by atoms with van der Waals surface area (Å²) in [6.45, 7) is 4.63. The molecule has 39 heavy (non-hydrogen) atoms. The molecule has 0 aliphatic carbocycles. The Morgan fingerprint density at radius 1 is 0.923 bits per heavy atom. The van der Waals surface area contributed by atoms with Gasteiger partial charge in [-0.05, 0) is 24.8 Å². The lowest BCUT2D eigenvalue weighted by Gasteiger charge is -2.32. The van der Waals surface area contributed by atoms with Crippen molar-refractivity contribution in [2.24, 2.45) is 5.92 Å². The van der Waals surface area contributed by atoms with E-state index in [1.165, 1.54) is 101 Å². The number of methoxy groups -OCH3 is 1. The molecule has 0 aliphatic heterocycles. The first-order valence-electron chi connectivity index (χ1n) is 14.7. The molecule has 1 aromatic rings. The number of terminal acetylenes is 1. The van der Waals surface area contributed by atoms with E-state index >= 15 is 0 Å². The van der Waals surface area contributed by atoms with Gasteiger partial charge < -0.3 is 9.47 Å². The second kappa shape index (κ2) is 19.7. The molecule has 0 aliphatic rings. The molecular formula is C33H49F3O3. The number of allylic oxidation sites excluding steroid dienone is 1. The van der Waals surface area contributed by atoms with Crippen molar-refractivity contribution in [3.63, 3.8) is 0 Å². The first kappa shape index (κ1) is 34.8. The van der Waals surface area contributed by atoms with Crippen LogP contribution in [0.3, 0.4) is 0 Å². The molecule has 1 unspecified atom stereocenters. The summed E-state index contributed by atoms with van der Waals surface area (Å²) in [5, 5.41) is 0. The summed E-state index contributed by atoms with van der Waals surface area (Å²) in [5.74, 6) is 1.47. The van der Waals surface area contributed by atoms with Crippen molar-refractivity contribution >= 4 is 5.97 Å². The minimum absolute atomic E-state index is 0.364. The number of esters is 1. The molecule has 0 fully saturated rings. The summed E-state index contributed by atoms with van der Waals surface area (Å²) in [6, 6.07) is 6.71. The van der Waals surface area contributed by atoms with Gasteiger partial charge in [0.05, 0.1) is 0 Å². The Labute approximate surface area is 234 Å². The summed E-state index contributed by atoms with van der Waals surface area (Å²) in [6.07, 6.45) is 20.9. The predicted octanol–water partition coefficient (Wildman–Crippen LogP) is 9.70. The average molecular weight is 551 g/mol. The molecule has 0 bridgehead atoms.